The van der Waals surface area contributed by atoms with Crippen LogP contribution in [0.4, 0.5) is 11.6 Å². The van der Waals surface area contributed by atoms with Gasteiger partial charge in [-0.2, -0.15) is 0 Å². The third-order valence-electron chi connectivity index (χ3n) is 4.17. The van der Waals surface area contributed by atoms with Crippen LogP contribution in [0.5, 0.6) is 0 Å². The number of aromatic nitrogens is 2. The zero-order chi connectivity index (χ0) is 17.6. The average molecular weight is 360 g/mol. The Morgan fingerprint density at radius 3 is 2.48 bits per heavy atom. The van der Waals surface area contributed by atoms with Gasteiger partial charge in [-0.25, -0.2) is 9.97 Å². The molecular formula is C18H22ClN5O. The summed E-state index contributed by atoms with van der Waals surface area (Å²) in [5.74, 6) is 0.539. The number of hydrogen-bond donors (Lipinski definition) is 1. The van der Waals surface area contributed by atoms with Gasteiger partial charge in [-0.15, -0.1) is 0 Å². The van der Waals surface area contributed by atoms with Gasteiger partial charge < -0.3 is 15.1 Å². The molecule has 2 aromatic rings. The molecule has 0 aliphatic carbocycles. The molecule has 6 nitrogen and oxygen atoms in total. The lowest BCUT2D eigenvalue weighted by molar-refractivity contribution is 0.0953. The van der Waals surface area contributed by atoms with Gasteiger partial charge in [0.15, 0.2) is 0 Å². The predicted molar refractivity (Wildman–Crippen MR) is 101 cm³/mol. The topological polar surface area (TPSA) is 61.4 Å². The molecule has 1 aromatic carbocycles. The van der Waals surface area contributed by atoms with Crippen LogP contribution in [0.1, 0.15) is 23.7 Å². The first-order valence-corrected chi connectivity index (χ1v) is 8.91. The van der Waals surface area contributed by atoms with Gasteiger partial charge in [0.1, 0.15) is 0 Å². The number of carbonyl (C=O) groups is 1. The molecule has 1 saturated heterocycles. The Balaban J connectivity index is 1.58. The van der Waals surface area contributed by atoms with Crippen molar-refractivity contribution in [3.05, 3.63) is 47.2 Å². The van der Waals surface area contributed by atoms with Crippen LogP contribution in [-0.4, -0.2) is 48.6 Å². The molecule has 1 amide bonds. The van der Waals surface area contributed by atoms with Gasteiger partial charge in [-0.3, -0.25) is 4.79 Å². The number of benzene rings is 1. The van der Waals surface area contributed by atoms with Crippen LogP contribution in [0.3, 0.4) is 0 Å². The van der Waals surface area contributed by atoms with Crippen molar-refractivity contribution < 1.29 is 4.79 Å². The Hall–Kier alpha value is -2.34. The van der Waals surface area contributed by atoms with Crippen molar-refractivity contribution in [2.75, 3.05) is 42.5 Å². The predicted octanol–water partition coefficient (Wildman–Crippen LogP) is 2.60. The van der Waals surface area contributed by atoms with Crippen LogP contribution in [0.2, 0.25) is 5.02 Å². The van der Waals surface area contributed by atoms with Crippen LogP contribution in [0, 0.1) is 0 Å². The van der Waals surface area contributed by atoms with Gasteiger partial charge in [-0.05, 0) is 24.6 Å². The van der Waals surface area contributed by atoms with Crippen molar-refractivity contribution in [2.24, 2.45) is 0 Å². The zero-order valence-corrected chi connectivity index (χ0v) is 15.0. The Labute approximate surface area is 152 Å². The van der Waals surface area contributed by atoms with E-state index in [1.807, 2.05) is 25.1 Å². The minimum absolute atomic E-state index is 0.126. The number of piperazine rings is 1. The Kier molecular flexibility index (Phi) is 5.71. The number of rotatable bonds is 5. The first-order chi connectivity index (χ1) is 12.2. The van der Waals surface area contributed by atoms with Gasteiger partial charge in [0.05, 0.1) is 5.56 Å². The van der Waals surface area contributed by atoms with Crippen molar-refractivity contribution in [2.45, 2.75) is 13.3 Å². The number of anilines is 2. The number of halogens is 1. The first kappa shape index (κ1) is 17.5. The summed E-state index contributed by atoms with van der Waals surface area (Å²) in [7, 11) is 0. The molecule has 1 aromatic heterocycles. The molecule has 25 heavy (non-hydrogen) atoms. The summed E-state index contributed by atoms with van der Waals surface area (Å²) in [6.45, 7) is 6.08. The Morgan fingerprint density at radius 2 is 1.84 bits per heavy atom. The maximum absolute atomic E-state index is 11.9. The molecule has 0 spiro atoms. The molecule has 1 aliphatic heterocycles. The molecule has 0 bridgehead atoms. The normalized spacial score (nSPS) is 14.5. The standard InChI is InChI=1S/C18H22ClN5O/c1-2-6-20-17(25)14-12-21-18(22-13-14)24-9-7-23(8-10-24)16-5-3-4-15(19)11-16/h3-5,11-13H,2,6-10H2,1H3,(H,20,25). The van der Waals surface area contributed by atoms with Crippen LogP contribution in [-0.2, 0) is 0 Å². The van der Waals surface area contributed by atoms with Gasteiger partial charge in [0, 0.05) is 55.8 Å². The van der Waals surface area contributed by atoms with Gasteiger partial charge in [0.2, 0.25) is 5.95 Å². The van der Waals surface area contributed by atoms with Crippen LogP contribution >= 0.6 is 11.6 Å². The second kappa shape index (κ2) is 8.16. The minimum atomic E-state index is -0.126. The molecule has 1 N–H and O–H groups in total. The van der Waals surface area contributed by atoms with Crippen molar-refractivity contribution >= 4 is 29.1 Å². The van der Waals surface area contributed by atoms with E-state index < -0.39 is 0 Å². The fourth-order valence-corrected chi connectivity index (χ4v) is 2.96. The fourth-order valence-electron chi connectivity index (χ4n) is 2.78. The first-order valence-electron chi connectivity index (χ1n) is 8.53. The highest BCUT2D eigenvalue weighted by atomic mass is 35.5. The number of carbonyl (C=O) groups excluding carboxylic acids is 1. The van der Waals surface area contributed by atoms with Crippen LogP contribution in [0.25, 0.3) is 0 Å². The van der Waals surface area contributed by atoms with E-state index in [0.29, 0.717) is 18.1 Å². The monoisotopic (exact) mass is 359 g/mol. The van der Waals surface area contributed by atoms with E-state index in [9.17, 15) is 4.79 Å². The maximum atomic E-state index is 11.9. The Bertz CT molecular complexity index is 714. The SMILES string of the molecule is CCCNC(=O)c1cnc(N2CCN(c3cccc(Cl)c3)CC2)nc1. The molecular weight excluding hydrogens is 338 g/mol. The molecule has 0 saturated carbocycles. The summed E-state index contributed by atoms with van der Waals surface area (Å²) in [4.78, 5) is 25.0. The molecule has 1 aliphatic rings. The quantitative estimate of drug-likeness (QED) is 0.889. The fraction of sp³-hybridized carbons (Fsp3) is 0.389. The molecule has 1 fully saturated rings. The van der Waals surface area contributed by atoms with Crippen molar-refractivity contribution in [3.63, 3.8) is 0 Å². The lowest BCUT2D eigenvalue weighted by Gasteiger charge is -2.36. The summed E-state index contributed by atoms with van der Waals surface area (Å²) in [5.41, 5.74) is 1.63. The lowest BCUT2D eigenvalue weighted by atomic mass is 10.2. The van der Waals surface area contributed by atoms with E-state index in [1.54, 1.807) is 12.4 Å². The van der Waals surface area contributed by atoms with Crippen molar-refractivity contribution in [3.8, 4) is 0 Å². The molecule has 0 radical (unpaired) electrons. The third kappa shape index (κ3) is 4.39. The molecule has 132 valence electrons. The van der Waals surface area contributed by atoms with Crippen LogP contribution < -0.4 is 15.1 Å². The second-order valence-electron chi connectivity index (χ2n) is 5.98. The molecule has 7 heteroatoms. The van der Waals surface area contributed by atoms with E-state index in [0.717, 1.165) is 43.3 Å². The van der Waals surface area contributed by atoms with E-state index in [4.69, 9.17) is 11.6 Å². The molecule has 0 unspecified atom stereocenters. The Morgan fingerprint density at radius 1 is 1.16 bits per heavy atom. The molecule has 2 heterocycles. The van der Waals surface area contributed by atoms with E-state index in [-0.39, 0.29) is 5.91 Å². The zero-order valence-electron chi connectivity index (χ0n) is 14.3. The number of nitrogens with zero attached hydrogens (tertiary/aromatic N) is 4. The molecule has 0 atom stereocenters. The van der Waals surface area contributed by atoms with E-state index >= 15 is 0 Å². The number of amides is 1. The minimum Gasteiger partial charge on any atom is -0.368 e. The number of nitrogens with one attached hydrogen (secondary N) is 1. The highest BCUT2D eigenvalue weighted by Crippen LogP contribution is 2.21. The summed E-state index contributed by atoms with van der Waals surface area (Å²) in [5, 5.41) is 3.58. The maximum Gasteiger partial charge on any atom is 0.254 e. The van der Waals surface area contributed by atoms with Crippen molar-refractivity contribution in [1.82, 2.24) is 15.3 Å². The average Bonchev–Trinajstić information content (AvgIpc) is 2.66. The highest BCUT2D eigenvalue weighted by molar-refractivity contribution is 6.30. The summed E-state index contributed by atoms with van der Waals surface area (Å²) < 4.78 is 0. The van der Waals surface area contributed by atoms with Gasteiger partial charge in [0.25, 0.3) is 5.91 Å². The van der Waals surface area contributed by atoms with E-state index in [2.05, 4.69) is 31.2 Å². The number of hydrogen-bond acceptors (Lipinski definition) is 5. The highest BCUT2D eigenvalue weighted by Gasteiger charge is 2.19. The third-order valence-corrected chi connectivity index (χ3v) is 4.41. The molecule has 3 rings (SSSR count). The van der Waals surface area contributed by atoms with Crippen LogP contribution in [0.15, 0.2) is 36.7 Å². The van der Waals surface area contributed by atoms with Gasteiger partial charge in [-0.1, -0.05) is 24.6 Å². The summed E-state index contributed by atoms with van der Waals surface area (Å²) in [6, 6.07) is 7.90. The second-order valence-corrected chi connectivity index (χ2v) is 6.42. The largest absolute Gasteiger partial charge is 0.368 e. The lowest BCUT2D eigenvalue weighted by Crippen LogP contribution is -2.47. The van der Waals surface area contributed by atoms with Crippen molar-refractivity contribution in [1.29, 1.82) is 0 Å². The van der Waals surface area contributed by atoms with E-state index in [1.165, 1.54) is 0 Å². The smallest absolute Gasteiger partial charge is 0.254 e. The summed E-state index contributed by atoms with van der Waals surface area (Å²) in [6.07, 6.45) is 4.09. The summed E-state index contributed by atoms with van der Waals surface area (Å²) >= 11 is 6.07. The van der Waals surface area contributed by atoms with Gasteiger partial charge >= 0.3 is 0 Å².